The van der Waals surface area contributed by atoms with Crippen molar-refractivity contribution in [3.8, 4) is 17.5 Å². The van der Waals surface area contributed by atoms with Gasteiger partial charge in [0.1, 0.15) is 0 Å². The highest BCUT2D eigenvalue weighted by molar-refractivity contribution is 5.42. The molecule has 0 radical (unpaired) electrons. The van der Waals surface area contributed by atoms with Crippen molar-refractivity contribution in [3.05, 3.63) is 34.4 Å². The first kappa shape index (κ1) is 9.32. The third-order valence-corrected chi connectivity index (χ3v) is 1.72. The van der Waals surface area contributed by atoms with Crippen LogP contribution in [-0.2, 0) is 0 Å². The molecule has 2 heterocycles. The lowest BCUT2D eigenvalue weighted by Crippen LogP contribution is -2.08. The number of nitrogens with zero attached hydrogens (tertiary/aromatic N) is 3. The Bertz CT molecular complexity index is 533. The molecule has 2 rings (SSSR count). The van der Waals surface area contributed by atoms with Crippen LogP contribution in [-0.4, -0.2) is 25.0 Å². The van der Waals surface area contributed by atoms with Crippen LogP contribution in [0, 0.1) is 6.92 Å². The van der Waals surface area contributed by atoms with Crippen LogP contribution in [0.3, 0.4) is 0 Å². The first-order valence-electron chi connectivity index (χ1n) is 4.24. The first-order chi connectivity index (χ1) is 7.15. The molecule has 0 aliphatic rings. The number of aromatic amines is 1. The molecule has 0 aromatic carbocycles. The lowest BCUT2D eigenvalue weighted by atomic mass is 10.4. The second kappa shape index (κ2) is 3.49. The van der Waals surface area contributed by atoms with E-state index in [0.717, 1.165) is 11.6 Å². The number of aromatic nitrogens is 4. The minimum absolute atomic E-state index is 0.153. The predicted molar refractivity (Wildman–Crippen MR) is 52.3 cm³/mol. The summed E-state index contributed by atoms with van der Waals surface area (Å²) in [6, 6.07) is 0.984. The van der Waals surface area contributed by atoms with E-state index in [-0.39, 0.29) is 17.5 Å². The molecule has 2 aromatic heterocycles. The van der Waals surface area contributed by atoms with E-state index in [9.17, 15) is 4.79 Å². The summed E-state index contributed by atoms with van der Waals surface area (Å²) in [5, 5.41) is 9.12. The Balaban J connectivity index is 2.54. The molecule has 2 aromatic rings. The van der Waals surface area contributed by atoms with E-state index in [1.54, 1.807) is 12.4 Å². The fourth-order valence-electron chi connectivity index (χ4n) is 1.07. The second-order valence-corrected chi connectivity index (χ2v) is 3.04. The van der Waals surface area contributed by atoms with Crippen molar-refractivity contribution in [2.24, 2.45) is 0 Å². The Morgan fingerprint density at radius 2 is 2.00 bits per heavy atom. The maximum Gasteiger partial charge on any atom is 0.255 e. The van der Waals surface area contributed by atoms with E-state index >= 15 is 0 Å². The van der Waals surface area contributed by atoms with Crippen LogP contribution in [0.1, 0.15) is 5.56 Å². The molecule has 76 valence electrons. The Labute approximate surface area is 84.7 Å². The Morgan fingerprint density at radius 1 is 1.33 bits per heavy atom. The Hall–Kier alpha value is -2.24. The number of aryl methyl sites for hydroxylation is 1. The summed E-state index contributed by atoms with van der Waals surface area (Å²) in [7, 11) is 0. The molecule has 15 heavy (non-hydrogen) atoms. The minimum Gasteiger partial charge on any atom is -0.493 e. The van der Waals surface area contributed by atoms with Crippen LogP contribution in [0.15, 0.2) is 23.3 Å². The fraction of sp³-hybridized carbons (Fsp3) is 0.111. The van der Waals surface area contributed by atoms with E-state index in [0.29, 0.717) is 0 Å². The molecule has 0 spiro atoms. The van der Waals surface area contributed by atoms with Crippen LogP contribution in [0.2, 0.25) is 0 Å². The van der Waals surface area contributed by atoms with E-state index in [4.69, 9.17) is 5.11 Å². The van der Waals surface area contributed by atoms with Gasteiger partial charge in [-0.3, -0.25) is 4.79 Å². The van der Waals surface area contributed by atoms with Crippen LogP contribution < -0.4 is 5.56 Å². The standard InChI is InChI=1S/C9H8N4O2/c1-5-3-10-8(11-4-5)9-12-6(14)2-7(15)13-9/h2-4H,1H3,(H2,12,13,14,15). The normalized spacial score (nSPS) is 10.2. The van der Waals surface area contributed by atoms with Gasteiger partial charge in [-0.1, -0.05) is 0 Å². The molecule has 6 heteroatoms. The monoisotopic (exact) mass is 204 g/mol. The van der Waals surface area contributed by atoms with Gasteiger partial charge in [0.15, 0.2) is 11.6 Å². The average Bonchev–Trinajstić information content (AvgIpc) is 2.17. The third-order valence-electron chi connectivity index (χ3n) is 1.72. The van der Waals surface area contributed by atoms with Gasteiger partial charge in [-0.15, -0.1) is 0 Å². The van der Waals surface area contributed by atoms with E-state index in [1.807, 2.05) is 6.92 Å². The number of hydrogen-bond donors (Lipinski definition) is 2. The minimum atomic E-state index is -0.443. The number of rotatable bonds is 1. The maximum absolute atomic E-state index is 11.0. The van der Waals surface area contributed by atoms with Crippen LogP contribution in [0.4, 0.5) is 0 Å². The summed E-state index contributed by atoms with van der Waals surface area (Å²) in [5.74, 6) is 0.0755. The van der Waals surface area contributed by atoms with Crippen LogP contribution >= 0.6 is 0 Å². The van der Waals surface area contributed by atoms with Gasteiger partial charge in [0.2, 0.25) is 5.88 Å². The molecule has 0 aliphatic carbocycles. The molecule has 2 N–H and O–H groups in total. The third kappa shape index (κ3) is 1.98. The quantitative estimate of drug-likeness (QED) is 0.694. The van der Waals surface area contributed by atoms with Crippen molar-refractivity contribution in [1.29, 1.82) is 0 Å². The predicted octanol–water partition coefficient (Wildman–Crippen LogP) is 0.241. The van der Waals surface area contributed by atoms with E-state index in [1.165, 1.54) is 0 Å². The van der Waals surface area contributed by atoms with Crippen molar-refractivity contribution in [2.75, 3.05) is 0 Å². The SMILES string of the molecule is Cc1cnc(-c2nc(O)cc(=O)[nH]2)nc1. The lowest BCUT2D eigenvalue weighted by molar-refractivity contribution is 0.451. The van der Waals surface area contributed by atoms with Crippen molar-refractivity contribution in [3.63, 3.8) is 0 Å². The van der Waals surface area contributed by atoms with E-state index < -0.39 is 5.56 Å². The van der Waals surface area contributed by atoms with Crippen molar-refractivity contribution in [2.45, 2.75) is 6.92 Å². The van der Waals surface area contributed by atoms with Gasteiger partial charge in [-0.25, -0.2) is 9.97 Å². The summed E-state index contributed by atoms with van der Waals surface area (Å²) >= 11 is 0. The maximum atomic E-state index is 11.0. The zero-order valence-corrected chi connectivity index (χ0v) is 7.93. The number of aromatic hydroxyl groups is 1. The fourth-order valence-corrected chi connectivity index (χ4v) is 1.07. The highest BCUT2D eigenvalue weighted by atomic mass is 16.3. The number of hydrogen-bond acceptors (Lipinski definition) is 5. The lowest BCUT2D eigenvalue weighted by Gasteiger charge is -1.99. The average molecular weight is 204 g/mol. The van der Waals surface area contributed by atoms with Gasteiger partial charge in [0, 0.05) is 12.4 Å². The zero-order chi connectivity index (χ0) is 10.8. The Morgan fingerprint density at radius 3 is 2.60 bits per heavy atom. The van der Waals surface area contributed by atoms with Crippen LogP contribution in [0.25, 0.3) is 11.6 Å². The molecule has 0 saturated carbocycles. The molecular formula is C9H8N4O2. The molecule has 0 bridgehead atoms. The molecule has 6 nitrogen and oxygen atoms in total. The highest BCUT2D eigenvalue weighted by Crippen LogP contribution is 2.09. The molecular weight excluding hydrogens is 196 g/mol. The topological polar surface area (TPSA) is 91.8 Å². The second-order valence-electron chi connectivity index (χ2n) is 3.04. The Kier molecular flexibility index (Phi) is 2.17. The molecule has 0 aliphatic heterocycles. The molecule has 0 fully saturated rings. The summed E-state index contributed by atoms with van der Waals surface area (Å²) in [5.41, 5.74) is 0.461. The summed E-state index contributed by atoms with van der Waals surface area (Å²) in [4.78, 5) is 25.1. The number of nitrogens with one attached hydrogen (secondary N) is 1. The van der Waals surface area contributed by atoms with Crippen LogP contribution in [0.5, 0.6) is 5.88 Å². The highest BCUT2D eigenvalue weighted by Gasteiger charge is 2.05. The summed E-state index contributed by atoms with van der Waals surface area (Å²) in [6.45, 7) is 1.85. The molecule has 0 unspecified atom stereocenters. The molecule has 0 amide bonds. The van der Waals surface area contributed by atoms with Gasteiger partial charge in [0.25, 0.3) is 5.56 Å². The summed E-state index contributed by atoms with van der Waals surface area (Å²) < 4.78 is 0. The van der Waals surface area contributed by atoms with Crippen molar-refractivity contribution < 1.29 is 5.11 Å². The molecule has 0 saturated heterocycles. The van der Waals surface area contributed by atoms with Gasteiger partial charge in [-0.05, 0) is 12.5 Å². The first-order valence-corrected chi connectivity index (χ1v) is 4.24. The van der Waals surface area contributed by atoms with Gasteiger partial charge < -0.3 is 10.1 Å². The van der Waals surface area contributed by atoms with Crippen molar-refractivity contribution >= 4 is 0 Å². The van der Waals surface area contributed by atoms with E-state index in [2.05, 4.69) is 19.9 Å². The van der Waals surface area contributed by atoms with Crippen molar-refractivity contribution in [1.82, 2.24) is 19.9 Å². The zero-order valence-electron chi connectivity index (χ0n) is 7.93. The van der Waals surface area contributed by atoms with Gasteiger partial charge in [0.05, 0.1) is 6.07 Å². The summed E-state index contributed by atoms with van der Waals surface area (Å²) in [6.07, 6.45) is 3.21. The largest absolute Gasteiger partial charge is 0.493 e. The molecule has 0 atom stereocenters. The number of H-pyrrole nitrogens is 1. The smallest absolute Gasteiger partial charge is 0.255 e. The van der Waals surface area contributed by atoms with Gasteiger partial charge in [-0.2, -0.15) is 4.98 Å². The van der Waals surface area contributed by atoms with Gasteiger partial charge >= 0.3 is 0 Å².